The molecule has 0 amide bonds. The molecular formula is C18H17N5OS. The number of nitrogens with zero attached hydrogens (tertiary/aromatic N) is 3. The molecule has 4 aromatic rings. The van der Waals surface area contributed by atoms with Crippen molar-refractivity contribution in [3.8, 4) is 10.7 Å². The summed E-state index contributed by atoms with van der Waals surface area (Å²) in [5.74, 6) is 1.04. The fourth-order valence-corrected chi connectivity index (χ4v) is 3.26. The summed E-state index contributed by atoms with van der Waals surface area (Å²) >= 11 is 1.56. The maximum Gasteiger partial charge on any atom is 0.274 e. The van der Waals surface area contributed by atoms with E-state index in [4.69, 9.17) is 0 Å². The Balaban J connectivity index is 1.58. The van der Waals surface area contributed by atoms with Gasteiger partial charge in [0.15, 0.2) is 5.82 Å². The summed E-state index contributed by atoms with van der Waals surface area (Å²) in [6, 6.07) is 13.7. The predicted molar refractivity (Wildman–Crippen MR) is 100 cm³/mol. The second-order valence-corrected chi connectivity index (χ2v) is 6.62. The van der Waals surface area contributed by atoms with Gasteiger partial charge in [-0.25, -0.2) is 4.98 Å². The van der Waals surface area contributed by atoms with E-state index >= 15 is 0 Å². The average molecular weight is 351 g/mol. The zero-order chi connectivity index (χ0) is 17.2. The minimum absolute atomic E-state index is 0.168. The van der Waals surface area contributed by atoms with Crippen LogP contribution in [-0.4, -0.2) is 19.6 Å². The first-order valence-corrected chi connectivity index (χ1v) is 8.96. The van der Waals surface area contributed by atoms with E-state index in [2.05, 4.69) is 39.4 Å². The van der Waals surface area contributed by atoms with Crippen molar-refractivity contribution in [2.45, 2.75) is 19.9 Å². The van der Waals surface area contributed by atoms with Crippen molar-refractivity contribution in [1.29, 1.82) is 0 Å². The number of aromatic amines is 1. The van der Waals surface area contributed by atoms with Gasteiger partial charge in [-0.05, 0) is 35.6 Å². The van der Waals surface area contributed by atoms with E-state index in [1.807, 2.05) is 29.6 Å². The molecule has 6 nitrogen and oxygen atoms in total. The van der Waals surface area contributed by atoms with E-state index < -0.39 is 0 Å². The zero-order valence-electron chi connectivity index (χ0n) is 13.7. The maximum atomic E-state index is 12.3. The molecule has 0 aliphatic heterocycles. The summed E-state index contributed by atoms with van der Waals surface area (Å²) in [6.45, 7) is 2.60. The van der Waals surface area contributed by atoms with Gasteiger partial charge in [0.1, 0.15) is 0 Å². The molecule has 25 heavy (non-hydrogen) atoms. The Labute approximate surface area is 148 Å². The first kappa shape index (κ1) is 15.6. The quantitative estimate of drug-likeness (QED) is 0.578. The third kappa shape index (κ3) is 3.18. The fourth-order valence-electron chi connectivity index (χ4n) is 2.59. The van der Waals surface area contributed by atoms with Crippen LogP contribution in [0.4, 0.5) is 5.69 Å². The van der Waals surface area contributed by atoms with Crippen molar-refractivity contribution >= 4 is 22.8 Å². The molecule has 0 saturated heterocycles. The van der Waals surface area contributed by atoms with Gasteiger partial charge in [-0.15, -0.1) is 11.3 Å². The molecule has 0 bridgehead atoms. The molecule has 0 aliphatic carbocycles. The summed E-state index contributed by atoms with van der Waals surface area (Å²) in [5, 5.41) is 8.26. The normalized spacial score (nSPS) is 11.1. The summed E-state index contributed by atoms with van der Waals surface area (Å²) in [6.07, 6.45) is 1.01. The third-order valence-electron chi connectivity index (χ3n) is 3.97. The Bertz CT molecular complexity index is 1050. The third-order valence-corrected chi connectivity index (χ3v) is 4.85. The van der Waals surface area contributed by atoms with E-state index in [9.17, 15) is 4.79 Å². The van der Waals surface area contributed by atoms with Crippen LogP contribution in [0.2, 0.25) is 0 Å². The van der Waals surface area contributed by atoms with Crippen molar-refractivity contribution in [2.75, 3.05) is 5.32 Å². The molecule has 3 heterocycles. The van der Waals surface area contributed by atoms with Gasteiger partial charge in [0.25, 0.3) is 11.3 Å². The molecule has 0 unspecified atom stereocenters. The Morgan fingerprint density at radius 2 is 2.04 bits per heavy atom. The van der Waals surface area contributed by atoms with E-state index in [1.165, 1.54) is 16.1 Å². The zero-order valence-corrected chi connectivity index (χ0v) is 14.5. The number of H-pyrrole nitrogens is 1. The van der Waals surface area contributed by atoms with Gasteiger partial charge in [0, 0.05) is 11.8 Å². The number of nitrogens with one attached hydrogen (secondary N) is 2. The van der Waals surface area contributed by atoms with Crippen LogP contribution in [0.25, 0.3) is 16.5 Å². The molecule has 0 spiro atoms. The Hall–Kier alpha value is -2.93. The number of fused-ring (bicyclic) bond motifs is 1. The number of aryl methyl sites for hydroxylation is 1. The van der Waals surface area contributed by atoms with E-state index in [0.717, 1.165) is 17.0 Å². The van der Waals surface area contributed by atoms with Crippen LogP contribution in [0.5, 0.6) is 0 Å². The molecule has 0 atom stereocenters. The summed E-state index contributed by atoms with van der Waals surface area (Å²) in [7, 11) is 0. The standard InChI is InChI=1S/C18H17N5OS/c1-2-12-5-7-13(8-6-12)19-11-14-10-16(24)23-18(20-14)21-17(22-23)15-4-3-9-25-15/h3-10,19H,2,11H2,1H3,(H,20,21,22). The highest BCUT2D eigenvalue weighted by Gasteiger charge is 2.10. The number of rotatable bonds is 5. The molecule has 126 valence electrons. The highest BCUT2D eigenvalue weighted by Crippen LogP contribution is 2.20. The van der Waals surface area contributed by atoms with E-state index in [-0.39, 0.29) is 5.56 Å². The van der Waals surface area contributed by atoms with Gasteiger partial charge in [-0.3, -0.25) is 9.89 Å². The number of hydrogen-bond donors (Lipinski definition) is 2. The molecule has 2 N–H and O–H groups in total. The average Bonchev–Trinajstić information content (AvgIpc) is 3.30. The van der Waals surface area contributed by atoms with Gasteiger partial charge in [0.05, 0.1) is 17.1 Å². The van der Waals surface area contributed by atoms with Crippen LogP contribution < -0.4 is 10.9 Å². The number of aromatic nitrogens is 4. The monoisotopic (exact) mass is 351 g/mol. The number of hydrogen-bond acceptors (Lipinski definition) is 5. The molecule has 7 heteroatoms. The molecular weight excluding hydrogens is 334 g/mol. The second kappa shape index (κ2) is 6.52. The van der Waals surface area contributed by atoms with Crippen molar-refractivity contribution in [3.05, 3.63) is 69.5 Å². The lowest BCUT2D eigenvalue weighted by Gasteiger charge is -2.06. The molecule has 0 aliphatic rings. The summed E-state index contributed by atoms with van der Waals surface area (Å²) < 4.78 is 1.37. The van der Waals surface area contributed by atoms with Crippen LogP contribution in [0.3, 0.4) is 0 Å². The molecule has 0 saturated carbocycles. The lowest BCUT2D eigenvalue weighted by Crippen LogP contribution is -2.17. The van der Waals surface area contributed by atoms with Crippen molar-refractivity contribution in [2.24, 2.45) is 0 Å². The largest absolute Gasteiger partial charge is 0.379 e. The minimum Gasteiger partial charge on any atom is -0.379 e. The van der Waals surface area contributed by atoms with Crippen molar-refractivity contribution < 1.29 is 0 Å². The van der Waals surface area contributed by atoms with Crippen molar-refractivity contribution in [3.63, 3.8) is 0 Å². The molecule has 1 aromatic carbocycles. The van der Waals surface area contributed by atoms with E-state index in [1.54, 1.807) is 11.3 Å². The minimum atomic E-state index is -0.168. The van der Waals surface area contributed by atoms with Crippen LogP contribution in [0.15, 0.2) is 52.6 Å². The van der Waals surface area contributed by atoms with Crippen LogP contribution in [-0.2, 0) is 13.0 Å². The first-order valence-electron chi connectivity index (χ1n) is 8.08. The van der Waals surface area contributed by atoms with Crippen LogP contribution >= 0.6 is 11.3 Å². The van der Waals surface area contributed by atoms with E-state index in [0.29, 0.717) is 23.8 Å². The highest BCUT2D eigenvalue weighted by atomic mass is 32.1. The Kier molecular flexibility index (Phi) is 4.07. The second-order valence-electron chi connectivity index (χ2n) is 5.67. The molecule has 4 rings (SSSR count). The van der Waals surface area contributed by atoms with Gasteiger partial charge in [-0.2, -0.15) is 9.50 Å². The van der Waals surface area contributed by atoms with Crippen molar-refractivity contribution in [1.82, 2.24) is 19.6 Å². The van der Waals surface area contributed by atoms with Gasteiger partial charge < -0.3 is 5.32 Å². The highest BCUT2D eigenvalue weighted by molar-refractivity contribution is 7.13. The van der Waals surface area contributed by atoms with Crippen LogP contribution in [0, 0.1) is 0 Å². The smallest absolute Gasteiger partial charge is 0.274 e. The topological polar surface area (TPSA) is 75.1 Å². The Morgan fingerprint density at radius 3 is 2.76 bits per heavy atom. The summed E-state index contributed by atoms with van der Waals surface area (Å²) in [5.41, 5.74) is 2.79. The lowest BCUT2D eigenvalue weighted by molar-refractivity contribution is 0.879. The van der Waals surface area contributed by atoms with Crippen LogP contribution in [0.1, 0.15) is 18.2 Å². The number of anilines is 1. The van der Waals surface area contributed by atoms with Gasteiger partial charge in [-0.1, -0.05) is 25.1 Å². The lowest BCUT2D eigenvalue weighted by atomic mass is 10.1. The number of benzene rings is 1. The summed E-state index contributed by atoms with van der Waals surface area (Å²) in [4.78, 5) is 22.2. The molecule has 3 aromatic heterocycles. The van der Waals surface area contributed by atoms with Gasteiger partial charge in [0.2, 0.25) is 0 Å². The molecule has 0 radical (unpaired) electrons. The fraction of sp³-hybridized carbons (Fsp3) is 0.167. The number of thiophene rings is 1. The SMILES string of the molecule is CCc1ccc(NCc2cc(=O)n3[nH]c(-c4cccs4)nc3n2)cc1. The first-order chi connectivity index (χ1) is 12.2. The Morgan fingerprint density at radius 1 is 1.20 bits per heavy atom. The van der Waals surface area contributed by atoms with Gasteiger partial charge >= 0.3 is 0 Å². The molecule has 0 fully saturated rings. The maximum absolute atomic E-state index is 12.3. The predicted octanol–water partition coefficient (Wildman–Crippen LogP) is 3.32.